The molecule has 0 fully saturated rings. The lowest BCUT2D eigenvalue weighted by atomic mass is 9.96. The first kappa shape index (κ1) is 8.98. The van der Waals surface area contributed by atoms with Crippen molar-refractivity contribution < 1.29 is 0 Å². The molecule has 1 atom stereocenters. The second-order valence-electron chi connectivity index (χ2n) is 2.82. The minimum Gasteiger partial charge on any atom is -0.198 e. The first-order chi connectivity index (χ1) is 4.70. The van der Waals surface area contributed by atoms with Gasteiger partial charge in [0.15, 0.2) is 0 Å². The van der Waals surface area contributed by atoms with E-state index < -0.39 is 0 Å². The summed E-state index contributed by atoms with van der Waals surface area (Å²) < 4.78 is 0. The second-order valence-corrected chi connectivity index (χ2v) is 2.82. The maximum absolute atomic E-state index is 8.50. The highest BCUT2D eigenvalue weighted by molar-refractivity contribution is 4.90. The van der Waals surface area contributed by atoms with Gasteiger partial charge in [0.1, 0.15) is 0 Å². The molecular weight excluding hydrogens is 124 g/mol. The van der Waals surface area contributed by atoms with E-state index in [9.17, 15) is 0 Å². The molecule has 0 saturated heterocycles. The molecule has 0 saturated carbocycles. The maximum atomic E-state index is 8.50. The molecule has 0 aromatic carbocycles. The Morgan fingerprint density at radius 1 is 1.30 bits per heavy atom. The molecule has 0 rings (SSSR count). The highest BCUT2D eigenvalue weighted by Crippen LogP contribution is 2.13. The summed E-state index contributed by atoms with van der Waals surface area (Å²) in [6.07, 6.45) is 1.21. The van der Waals surface area contributed by atoms with Crippen molar-refractivity contribution in [3.8, 4) is 12.1 Å². The molecular formula is C8H12N2. The Morgan fingerprint density at radius 2 is 1.90 bits per heavy atom. The predicted molar refractivity (Wildman–Crippen MR) is 38.8 cm³/mol. The maximum Gasteiger partial charge on any atom is 0.0666 e. The lowest BCUT2D eigenvalue weighted by molar-refractivity contribution is 0.489. The number of rotatable bonds is 3. The first-order valence-corrected chi connectivity index (χ1v) is 3.47. The fraction of sp³-hybridized carbons (Fsp3) is 0.750. The average Bonchev–Trinajstić information content (AvgIpc) is 1.86. The van der Waals surface area contributed by atoms with Crippen molar-refractivity contribution in [2.45, 2.75) is 26.7 Å². The van der Waals surface area contributed by atoms with Crippen LogP contribution in [0.2, 0.25) is 0 Å². The van der Waals surface area contributed by atoms with Crippen molar-refractivity contribution in [3.05, 3.63) is 0 Å². The van der Waals surface area contributed by atoms with Gasteiger partial charge in [-0.2, -0.15) is 10.5 Å². The summed E-state index contributed by atoms with van der Waals surface area (Å²) in [4.78, 5) is 0. The van der Waals surface area contributed by atoms with Crippen LogP contribution in [0.5, 0.6) is 0 Å². The third-order valence-corrected chi connectivity index (χ3v) is 1.28. The molecule has 0 heterocycles. The largest absolute Gasteiger partial charge is 0.198 e. The van der Waals surface area contributed by atoms with Crippen LogP contribution in [0.25, 0.3) is 0 Å². The van der Waals surface area contributed by atoms with E-state index in [0.717, 1.165) is 6.42 Å². The third kappa shape index (κ3) is 3.92. The Hall–Kier alpha value is -1.02. The lowest BCUT2D eigenvalue weighted by Crippen LogP contribution is -2.00. The summed E-state index contributed by atoms with van der Waals surface area (Å²) in [6, 6.07) is 4.11. The smallest absolute Gasteiger partial charge is 0.0666 e. The molecule has 0 bridgehead atoms. The van der Waals surface area contributed by atoms with Gasteiger partial charge in [0.05, 0.1) is 24.5 Å². The standard InChI is InChI=1S/C8H12N2/c1-7(2)5-8(6-10)3-4-9/h7-8H,3,5H2,1-2H3/t8-/m1/s1. The van der Waals surface area contributed by atoms with Crippen molar-refractivity contribution in [2.24, 2.45) is 11.8 Å². The van der Waals surface area contributed by atoms with Crippen molar-refractivity contribution in [2.75, 3.05) is 0 Å². The van der Waals surface area contributed by atoms with Gasteiger partial charge >= 0.3 is 0 Å². The monoisotopic (exact) mass is 136 g/mol. The predicted octanol–water partition coefficient (Wildman–Crippen LogP) is 2.09. The molecule has 0 unspecified atom stereocenters. The van der Waals surface area contributed by atoms with Gasteiger partial charge in [-0.25, -0.2) is 0 Å². The fourth-order valence-electron chi connectivity index (χ4n) is 0.861. The van der Waals surface area contributed by atoms with Gasteiger partial charge in [-0.3, -0.25) is 0 Å². The first-order valence-electron chi connectivity index (χ1n) is 3.47. The molecule has 0 aliphatic rings. The Balaban J connectivity index is 3.66. The van der Waals surface area contributed by atoms with E-state index in [0.29, 0.717) is 12.3 Å². The molecule has 54 valence electrons. The minimum atomic E-state index is -0.0648. The third-order valence-electron chi connectivity index (χ3n) is 1.28. The van der Waals surface area contributed by atoms with Gasteiger partial charge in [-0.15, -0.1) is 0 Å². The van der Waals surface area contributed by atoms with Crippen molar-refractivity contribution >= 4 is 0 Å². The van der Waals surface area contributed by atoms with Gasteiger partial charge in [-0.1, -0.05) is 13.8 Å². The van der Waals surface area contributed by atoms with Gasteiger partial charge in [-0.05, 0) is 12.3 Å². The summed E-state index contributed by atoms with van der Waals surface area (Å²) in [5.41, 5.74) is 0. The SMILES string of the molecule is CC(C)C[C@H](C#N)CC#N. The number of nitriles is 2. The average molecular weight is 136 g/mol. The summed E-state index contributed by atoms with van der Waals surface area (Å²) >= 11 is 0. The molecule has 0 N–H and O–H groups in total. The zero-order chi connectivity index (χ0) is 7.98. The molecule has 0 radical (unpaired) electrons. The second kappa shape index (κ2) is 4.82. The van der Waals surface area contributed by atoms with Crippen molar-refractivity contribution in [1.82, 2.24) is 0 Å². The van der Waals surface area contributed by atoms with E-state index >= 15 is 0 Å². The molecule has 2 heteroatoms. The number of nitrogens with zero attached hydrogens (tertiary/aromatic N) is 2. The van der Waals surface area contributed by atoms with Crippen LogP contribution in [0, 0.1) is 34.5 Å². The molecule has 0 aromatic heterocycles. The van der Waals surface area contributed by atoms with Crippen LogP contribution in [-0.2, 0) is 0 Å². The van der Waals surface area contributed by atoms with E-state index in [4.69, 9.17) is 10.5 Å². The van der Waals surface area contributed by atoms with Gasteiger partial charge in [0, 0.05) is 0 Å². The highest BCUT2D eigenvalue weighted by atomic mass is 14.3. The van der Waals surface area contributed by atoms with Crippen LogP contribution in [0.15, 0.2) is 0 Å². The Morgan fingerprint density at radius 3 is 2.20 bits per heavy atom. The Labute approximate surface area is 62.1 Å². The molecule has 10 heavy (non-hydrogen) atoms. The van der Waals surface area contributed by atoms with Gasteiger partial charge < -0.3 is 0 Å². The van der Waals surface area contributed by atoms with Crippen LogP contribution in [0.4, 0.5) is 0 Å². The van der Waals surface area contributed by atoms with Crippen molar-refractivity contribution in [1.29, 1.82) is 10.5 Å². The van der Waals surface area contributed by atoms with Crippen LogP contribution >= 0.6 is 0 Å². The summed E-state index contributed by atoms with van der Waals surface area (Å²) in [6.45, 7) is 4.11. The molecule has 0 aliphatic heterocycles. The van der Waals surface area contributed by atoms with Crippen LogP contribution in [0.1, 0.15) is 26.7 Å². The summed E-state index contributed by atoms with van der Waals surface area (Å²) in [5, 5.41) is 16.8. The summed E-state index contributed by atoms with van der Waals surface area (Å²) in [5.74, 6) is 0.447. The van der Waals surface area contributed by atoms with Gasteiger partial charge in [0.2, 0.25) is 0 Å². The van der Waals surface area contributed by atoms with E-state index in [1.807, 2.05) is 6.07 Å². The van der Waals surface area contributed by atoms with Crippen LogP contribution < -0.4 is 0 Å². The van der Waals surface area contributed by atoms with Crippen LogP contribution in [0.3, 0.4) is 0 Å². The minimum absolute atomic E-state index is 0.0648. The topological polar surface area (TPSA) is 47.6 Å². The normalized spacial score (nSPS) is 12.1. The van der Waals surface area contributed by atoms with Gasteiger partial charge in [0.25, 0.3) is 0 Å². The van der Waals surface area contributed by atoms with E-state index in [1.165, 1.54) is 0 Å². The molecule has 0 spiro atoms. The fourth-order valence-corrected chi connectivity index (χ4v) is 0.861. The summed E-state index contributed by atoms with van der Waals surface area (Å²) in [7, 11) is 0. The number of hydrogen-bond acceptors (Lipinski definition) is 2. The molecule has 0 aliphatic carbocycles. The quantitative estimate of drug-likeness (QED) is 0.596. The highest BCUT2D eigenvalue weighted by Gasteiger charge is 2.07. The molecule has 0 aromatic rings. The zero-order valence-corrected chi connectivity index (χ0v) is 6.46. The van der Waals surface area contributed by atoms with E-state index in [-0.39, 0.29) is 5.92 Å². The Bertz CT molecular complexity index is 159. The van der Waals surface area contributed by atoms with E-state index in [2.05, 4.69) is 19.9 Å². The lowest BCUT2D eigenvalue weighted by Gasteiger charge is -2.05. The van der Waals surface area contributed by atoms with Crippen molar-refractivity contribution in [3.63, 3.8) is 0 Å². The zero-order valence-electron chi connectivity index (χ0n) is 6.46. The molecule has 2 nitrogen and oxygen atoms in total. The Kier molecular flexibility index (Phi) is 4.33. The van der Waals surface area contributed by atoms with E-state index in [1.54, 1.807) is 0 Å². The van der Waals surface area contributed by atoms with Crippen LogP contribution in [-0.4, -0.2) is 0 Å². The number of hydrogen-bond donors (Lipinski definition) is 0. The molecule has 0 amide bonds.